The van der Waals surface area contributed by atoms with Gasteiger partial charge in [-0.2, -0.15) is 0 Å². The molecule has 7 N–H and O–H groups in total. The summed E-state index contributed by atoms with van der Waals surface area (Å²) in [5.41, 5.74) is -4.14. The molecule has 3 aliphatic rings. The highest BCUT2D eigenvalue weighted by Crippen LogP contribution is 2.50. The first kappa shape index (κ1) is 47.6. The van der Waals surface area contributed by atoms with Crippen molar-refractivity contribution in [1.82, 2.24) is 28.7 Å². The fourth-order valence-corrected chi connectivity index (χ4v) is 8.65. The summed E-state index contributed by atoms with van der Waals surface area (Å²) in [6.07, 6.45) is -8.15. The molecule has 0 aromatic carbocycles. The van der Waals surface area contributed by atoms with E-state index in [1.165, 1.54) is 33.2 Å². The minimum atomic E-state index is -5.19. The zero-order valence-electron chi connectivity index (χ0n) is 32.7. The van der Waals surface area contributed by atoms with Gasteiger partial charge in [-0.3, -0.25) is 56.6 Å². The van der Waals surface area contributed by atoms with Crippen LogP contribution in [0, 0.1) is 20.8 Å². The highest BCUT2D eigenvalue weighted by molar-refractivity contribution is 7.47. The lowest BCUT2D eigenvalue weighted by molar-refractivity contribution is -0.141. The highest BCUT2D eigenvalue weighted by Gasteiger charge is 2.46. The van der Waals surface area contributed by atoms with Crippen LogP contribution < -0.4 is 33.7 Å². The molecule has 3 aliphatic heterocycles. The van der Waals surface area contributed by atoms with Gasteiger partial charge in [0.25, 0.3) is 16.7 Å². The Balaban J connectivity index is 1.14. The third kappa shape index (κ3) is 11.8. The number of aromatic amines is 3. The number of phosphoric acid groups is 2. The van der Waals surface area contributed by atoms with Crippen molar-refractivity contribution in [3.05, 3.63) is 97.8 Å². The van der Waals surface area contributed by atoms with Crippen molar-refractivity contribution in [1.29, 1.82) is 0 Å². The van der Waals surface area contributed by atoms with E-state index in [-0.39, 0.29) is 36.0 Å². The molecule has 2 unspecified atom stereocenters. The van der Waals surface area contributed by atoms with Crippen LogP contribution >= 0.6 is 23.9 Å². The van der Waals surface area contributed by atoms with Crippen LogP contribution in [0.4, 0.5) is 0 Å². The van der Waals surface area contributed by atoms with Gasteiger partial charge in [0.15, 0.2) is 0 Å². The molecule has 0 spiro atoms. The zero-order valence-corrected chi connectivity index (χ0v) is 35.4. The highest BCUT2D eigenvalue weighted by atomic mass is 31.2. The maximum Gasteiger partial charge on any atom is 0.694 e. The molecule has 0 radical (unpaired) electrons. The number of nitrogens with zero attached hydrogens (tertiary/aromatic N) is 3. The van der Waals surface area contributed by atoms with Crippen molar-refractivity contribution >= 4 is 23.9 Å². The number of aromatic nitrogens is 6. The monoisotopic (exact) mass is 943 g/mol. The maximum atomic E-state index is 13.4. The van der Waals surface area contributed by atoms with Crippen LogP contribution in [-0.2, 0) is 55.5 Å². The molecule has 6 rings (SSSR count). The second-order valence-electron chi connectivity index (χ2n) is 14.3. The van der Waals surface area contributed by atoms with Crippen molar-refractivity contribution in [3.63, 3.8) is 0 Å². The summed E-state index contributed by atoms with van der Waals surface area (Å²) in [6, 6.07) is 0. The van der Waals surface area contributed by atoms with Gasteiger partial charge in [0.05, 0.1) is 19.3 Å². The van der Waals surface area contributed by atoms with Gasteiger partial charge < -0.3 is 38.4 Å². The van der Waals surface area contributed by atoms with Gasteiger partial charge in [-0.1, -0.05) is 0 Å². The Bertz CT molecular complexity index is 2600. The predicted octanol–water partition coefficient (Wildman–Crippen LogP) is -1.57. The van der Waals surface area contributed by atoms with E-state index in [0.29, 0.717) is 0 Å². The average molecular weight is 944 g/mol. The van der Waals surface area contributed by atoms with Crippen molar-refractivity contribution in [3.8, 4) is 0 Å². The molecule has 62 heavy (non-hydrogen) atoms. The summed E-state index contributed by atoms with van der Waals surface area (Å²) >= 11 is 0. The van der Waals surface area contributed by atoms with Crippen molar-refractivity contribution in [2.75, 3.05) is 26.6 Å². The molecule has 3 aromatic rings. The molecular weight excluding hydrogens is 901 g/mol. The number of hydrogen-bond donors (Lipinski definition) is 7. The van der Waals surface area contributed by atoms with E-state index in [9.17, 15) is 62.0 Å². The lowest BCUT2D eigenvalue weighted by atomic mass is 10.2. The summed E-state index contributed by atoms with van der Waals surface area (Å²) in [6.45, 7) is 1.96. The van der Waals surface area contributed by atoms with E-state index in [0.717, 1.165) is 19.9 Å². The van der Waals surface area contributed by atoms with Gasteiger partial charge in [-0.25, -0.2) is 23.5 Å². The molecule has 3 fully saturated rings. The SMILES string of the molecule is Cc1cn([C@H]2C[C@H](OCOC[C@H]3O[C@@H](n4cc(C)c(=O)[nH]c4=O)C[C@@H]3OP(=O)(O)OC[C@H]3O[C@@H](n4cc(C)c(=O)[nH]c4=O)C[C@@H]3OP(=O)(O)O)[C@@H](CO[P+](=O)O)O2)c(=O)[nH]c1=O. The van der Waals surface area contributed by atoms with E-state index in [1.807, 2.05) is 0 Å². The minimum Gasteiger partial charge on any atom is -0.353 e. The summed E-state index contributed by atoms with van der Waals surface area (Å²) in [4.78, 5) is 119. The first-order chi connectivity index (χ1) is 29.1. The van der Waals surface area contributed by atoms with Gasteiger partial charge in [-0.05, 0) is 20.8 Å². The Morgan fingerprint density at radius 3 is 1.50 bits per heavy atom. The largest absolute Gasteiger partial charge is 0.694 e. The number of ether oxygens (including phenoxy) is 5. The fourth-order valence-electron chi connectivity index (χ4n) is 6.84. The Hall–Kier alpha value is -3.92. The Kier molecular flexibility index (Phi) is 14.9. The molecule has 31 heteroatoms. The van der Waals surface area contributed by atoms with Crippen molar-refractivity contribution < 1.29 is 75.0 Å². The van der Waals surface area contributed by atoms with E-state index in [1.54, 1.807) is 0 Å². The number of H-pyrrole nitrogens is 3. The van der Waals surface area contributed by atoms with Crippen LogP contribution in [0.25, 0.3) is 0 Å². The topological polar surface area (TPSA) is 380 Å². The third-order valence-electron chi connectivity index (χ3n) is 9.85. The molecule has 28 nitrogen and oxygen atoms in total. The number of nitrogens with one attached hydrogen (secondary N) is 3. The van der Waals surface area contributed by atoms with Gasteiger partial charge in [0, 0.05) is 59.1 Å². The molecule has 3 aromatic heterocycles. The third-order valence-corrected chi connectivity index (χ3v) is 11.8. The lowest BCUT2D eigenvalue weighted by Gasteiger charge is -2.24. The fraction of sp³-hybridized carbons (Fsp3) is 0.613. The molecule has 0 bridgehead atoms. The maximum absolute atomic E-state index is 13.4. The van der Waals surface area contributed by atoms with Crippen molar-refractivity contribution in [2.45, 2.75) is 95.3 Å². The quantitative estimate of drug-likeness (QED) is 0.0430. The van der Waals surface area contributed by atoms with Gasteiger partial charge in [0.1, 0.15) is 62.6 Å². The second kappa shape index (κ2) is 19.4. The minimum absolute atomic E-state index is 0.0228. The van der Waals surface area contributed by atoms with Gasteiger partial charge in [0.2, 0.25) is 0 Å². The smallest absolute Gasteiger partial charge is 0.353 e. The Morgan fingerprint density at radius 2 is 1.06 bits per heavy atom. The number of aryl methyl sites for hydroxylation is 3. The molecule has 6 heterocycles. The van der Waals surface area contributed by atoms with Gasteiger partial charge in [-0.15, -0.1) is 9.42 Å². The number of phosphoric ester groups is 2. The standard InChI is InChI=1S/C31H41N6O22P3/c1-14-7-35(29(41)32-26(14)38)23-4-17(21(56-23)11-53-60(44)45)52-13-51-10-20-19(6-25(55-20)37-9-16(3)28(40)34-31(37)43)59-62(49,50)54-12-22-18(58-61(46,47)48)5-24(57-22)36-8-15(2)27(39)33-30(36)42/h7-9,17-25H,4-6,10-13H2,1-3H3,(H6-,32,33,34,38,39,40,41,42,43,44,45,46,47,48,49,50)/p+1/t17-,18-,19-,20+,21+,22+,23+,24+,25+/m0/s1. The van der Waals surface area contributed by atoms with Crippen LogP contribution in [0.15, 0.2) is 47.4 Å². The number of rotatable bonds is 18. The summed E-state index contributed by atoms with van der Waals surface area (Å²) in [5.74, 6) is 0. The first-order valence-electron chi connectivity index (χ1n) is 18.4. The van der Waals surface area contributed by atoms with E-state index in [4.69, 9.17) is 41.8 Å². The molecule has 3 saturated heterocycles. The molecular formula is C31H42N6O22P3+. The van der Waals surface area contributed by atoms with E-state index >= 15 is 0 Å². The second-order valence-corrected chi connectivity index (χ2v) is 17.6. The average Bonchev–Trinajstić information content (AvgIpc) is 3.88. The van der Waals surface area contributed by atoms with Crippen molar-refractivity contribution in [2.24, 2.45) is 0 Å². The van der Waals surface area contributed by atoms with E-state index < -0.39 is 140 Å². The zero-order chi connectivity index (χ0) is 45.3. The predicted molar refractivity (Wildman–Crippen MR) is 203 cm³/mol. The molecule has 0 amide bonds. The molecule has 0 saturated carbocycles. The van der Waals surface area contributed by atoms with Gasteiger partial charge >= 0.3 is 41.0 Å². The normalized spacial score (nSPS) is 27.7. The summed E-state index contributed by atoms with van der Waals surface area (Å²) in [5, 5.41) is 0. The molecule has 11 atom stereocenters. The Morgan fingerprint density at radius 1 is 0.661 bits per heavy atom. The van der Waals surface area contributed by atoms with Crippen LogP contribution in [0.2, 0.25) is 0 Å². The lowest BCUT2D eigenvalue weighted by Crippen LogP contribution is -2.34. The Labute approximate surface area is 347 Å². The summed E-state index contributed by atoms with van der Waals surface area (Å²) < 4.78 is 88.9. The van der Waals surface area contributed by atoms with Crippen LogP contribution in [0.3, 0.4) is 0 Å². The van der Waals surface area contributed by atoms with Crippen LogP contribution in [-0.4, -0.2) is 111 Å². The molecule has 0 aliphatic carbocycles. The van der Waals surface area contributed by atoms with Crippen LogP contribution in [0.5, 0.6) is 0 Å². The van der Waals surface area contributed by atoms with Crippen LogP contribution in [0.1, 0.15) is 54.6 Å². The first-order valence-corrected chi connectivity index (χ1v) is 22.5. The van der Waals surface area contributed by atoms with E-state index in [2.05, 4.69) is 15.0 Å². The number of hydrogen-bond acceptors (Lipinski definition) is 18. The summed E-state index contributed by atoms with van der Waals surface area (Å²) in [7, 11) is -13.4. The molecule has 342 valence electrons.